The molecule has 1 saturated heterocycles. The van der Waals surface area contributed by atoms with Crippen LogP contribution in [0.1, 0.15) is 58.4 Å². The number of aromatic nitrogens is 3. The molecule has 2 aromatic heterocycles. The molecule has 3 rings (SSSR count). The van der Waals surface area contributed by atoms with Gasteiger partial charge in [-0.05, 0) is 54.8 Å². The summed E-state index contributed by atoms with van der Waals surface area (Å²) in [5, 5.41) is 3.62. The first-order chi connectivity index (χ1) is 15.9. The Bertz CT molecular complexity index is 903. The van der Waals surface area contributed by atoms with E-state index in [1.165, 1.54) is 0 Å². The van der Waals surface area contributed by atoms with Gasteiger partial charge in [-0.1, -0.05) is 20.8 Å². The van der Waals surface area contributed by atoms with Gasteiger partial charge in [0, 0.05) is 32.0 Å². The van der Waals surface area contributed by atoms with Crippen LogP contribution < -0.4 is 10.2 Å². The Balaban J connectivity index is 1.97. The van der Waals surface area contributed by atoms with Crippen LogP contribution in [-0.4, -0.2) is 53.3 Å². The molecule has 1 aliphatic rings. The maximum Gasteiger partial charge on any atom is 0.306 e. The Kier molecular flexibility index (Phi) is 9.26. The number of anilines is 3. The normalized spacial score (nSPS) is 15.3. The van der Waals surface area contributed by atoms with E-state index in [4.69, 9.17) is 26.1 Å². The number of hydrogen-bond donors (Lipinski definition) is 1. The maximum atomic E-state index is 12.0. The fraction of sp³-hybridized carbons (Fsp3) is 0.583. The summed E-state index contributed by atoms with van der Waals surface area (Å²) in [6.45, 7) is 11.0. The number of carbonyl (C=O) groups excluding carboxylic acids is 1. The highest BCUT2D eigenvalue weighted by atomic mass is 35.5. The summed E-state index contributed by atoms with van der Waals surface area (Å²) in [6, 6.07) is 2.41. The van der Waals surface area contributed by atoms with Gasteiger partial charge in [0.1, 0.15) is 0 Å². The minimum absolute atomic E-state index is 0.0331. The number of pyridine rings is 1. The molecule has 0 aromatic carbocycles. The number of halogens is 1. The van der Waals surface area contributed by atoms with Crippen molar-refractivity contribution in [2.24, 2.45) is 5.92 Å². The van der Waals surface area contributed by atoms with Crippen LogP contribution in [0.4, 0.5) is 17.2 Å². The van der Waals surface area contributed by atoms with Crippen molar-refractivity contribution in [1.82, 2.24) is 15.0 Å². The van der Waals surface area contributed by atoms with Crippen LogP contribution in [-0.2, 0) is 14.3 Å². The van der Waals surface area contributed by atoms with E-state index in [9.17, 15) is 4.79 Å². The predicted octanol–water partition coefficient (Wildman–Crippen LogP) is 4.97. The molecule has 1 aliphatic heterocycles. The summed E-state index contributed by atoms with van der Waals surface area (Å²) in [5.74, 6) is 1.09. The molecule has 0 saturated carbocycles. The average molecular weight is 476 g/mol. The third-order valence-electron chi connectivity index (χ3n) is 5.60. The highest BCUT2D eigenvalue weighted by Crippen LogP contribution is 2.34. The second-order valence-corrected chi connectivity index (χ2v) is 9.14. The Labute approximate surface area is 201 Å². The quantitative estimate of drug-likeness (QED) is 0.380. The van der Waals surface area contributed by atoms with Crippen LogP contribution in [0.15, 0.2) is 24.7 Å². The van der Waals surface area contributed by atoms with E-state index in [-0.39, 0.29) is 17.2 Å². The van der Waals surface area contributed by atoms with Crippen LogP contribution in [0.2, 0.25) is 5.28 Å². The van der Waals surface area contributed by atoms with Crippen LogP contribution >= 0.6 is 11.6 Å². The number of nitrogens with one attached hydrogen (secondary N) is 1. The zero-order valence-electron chi connectivity index (χ0n) is 19.9. The summed E-state index contributed by atoms with van der Waals surface area (Å²) in [6.07, 6.45) is 7.38. The molecule has 9 heteroatoms. The third-order valence-corrected chi connectivity index (χ3v) is 5.80. The van der Waals surface area contributed by atoms with E-state index in [2.05, 4.69) is 40.1 Å². The second kappa shape index (κ2) is 12.1. The molecule has 1 unspecified atom stereocenters. The van der Waals surface area contributed by atoms with E-state index >= 15 is 0 Å². The fourth-order valence-corrected chi connectivity index (χ4v) is 4.08. The minimum atomic E-state index is -0.210. The largest absolute Gasteiger partial charge is 0.466 e. The molecule has 0 amide bonds. The number of esters is 1. The lowest BCUT2D eigenvalue weighted by atomic mass is 9.98. The summed E-state index contributed by atoms with van der Waals surface area (Å²) in [7, 11) is 0. The van der Waals surface area contributed by atoms with Crippen LogP contribution in [0.5, 0.6) is 0 Å². The molecule has 1 N–H and O–H groups in total. The van der Waals surface area contributed by atoms with Gasteiger partial charge in [0.2, 0.25) is 5.28 Å². The van der Waals surface area contributed by atoms with Crippen molar-refractivity contribution in [3.8, 4) is 0 Å². The van der Waals surface area contributed by atoms with Gasteiger partial charge in [0.15, 0.2) is 5.82 Å². The monoisotopic (exact) mass is 475 g/mol. The van der Waals surface area contributed by atoms with Crippen molar-refractivity contribution in [3.63, 3.8) is 0 Å². The third kappa shape index (κ3) is 7.27. The van der Waals surface area contributed by atoms with Crippen molar-refractivity contribution in [2.45, 2.75) is 58.9 Å². The van der Waals surface area contributed by atoms with Gasteiger partial charge in [-0.15, -0.1) is 0 Å². The molecular weight excluding hydrogens is 442 g/mol. The topological polar surface area (TPSA) is 89.5 Å². The highest BCUT2D eigenvalue weighted by molar-refractivity contribution is 6.28. The zero-order valence-corrected chi connectivity index (χ0v) is 20.6. The molecule has 0 spiro atoms. The van der Waals surface area contributed by atoms with Gasteiger partial charge in [0.05, 0.1) is 36.8 Å². The number of nitrogens with zero attached hydrogens (tertiary/aromatic N) is 4. The van der Waals surface area contributed by atoms with Gasteiger partial charge in [-0.2, -0.15) is 0 Å². The summed E-state index contributed by atoms with van der Waals surface area (Å²) in [4.78, 5) is 27.5. The van der Waals surface area contributed by atoms with Crippen LogP contribution in [0.25, 0.3) is 0 Å². The van der Waals surface area contributed by atoms with Crippen LogP contribution in [0.3, 0.4) is 0 Å². The average Bonchev–Trinajstić information content (AvgIpc) is 2.80. The Morgan fingerprint density at radius 3 is 2.55 bits per heavy atom. The lowest BCUT2D eigenvalue weighted by molar-refractivity contribution is -0.143. The molecule has 0 radical (unpaired) electrons. The van der Waals surface area contributed by atoms with Crippen molar-refractivity contribution < 1.29 is 14.3 Å². The molecule has 0 aliphatic carbocycles. The molecule has 0 bridgehead atoms. The summed E-state index contributed by atoms with van der Waals surface area (Å²) in [5.41, 5.74) is 2.52. The lowest BCUT2D eigenvalue weighted by Gasteiger charge is -2.37. The number of ether oxygens (including phenoxy) is 2. The standard InChI is InChI=1S/C24H34ClN5O3/c1-5-33-22(31)10-17(4)18-11-21(29-19-13-27-24(25)28-14-19)23(26-12-18)30(15-16(2)3)20-6-8-32-9-7-20/h11-14,16-17,20,29H,5-10,15H2,1-4H3. The van der Waals surface area contributed by atoms with Gasteiger partial charge >= 0.3 is 5.97 Å². The van der Waals surface area contributed by atoms with Crippen LogP contribution in [0, 0.1) is 5.92 Å². The summed E-state index contributed by atoms with van der Waals surface area (Å²) < 4.78 is 10.7. The smallest absolute Gasteiger partial charge is 0.306 e. The second-order valence-electron chi connectivity index (χ2n) is 8.81. The van der Waals surface area contributed by atoms with Gasteiger partial charge in [-0.25, -0.2) is 15.0 Å². The lowest BCUT2D eigenvalue weighted by Crippen LogP contribution is -2.42. The Morgan fingerprint density at radius 2 is 1.91 bits per heavy atom. The molecule has 1 atom stereocenters. The molecule has 3 heterocycles. The zero-order chi connectivity index (χ0) is 23.8. The van der Waals surface area contributed by atoms with Crippen molar-refractivity contribution >= 4 is 34.8 Å². The maximum absolute atomic E-state index is 12.0. The highest BCUT2D eigenvalue weighted by Gasteiger charge is 2.26. The minimum Gasteiger partial charge on any atom is -0.466 e. The van der Waals surface area contributed by atoms with E-state index < -0.39 is 0 Å². The van der Waals surface area contributed by atoms with Gasteiger partial charge < -0.3 is 19.7 Å². The molecule has 1 fully saturated rings. The molecule has 8 nitrogen and oxygen atoms in total. The number of rotatable bonds is 10. The van der Waals surface area contributed by atoms with Gasteiger partial charge in [0.25, 0.3) is 0 Å². The van der Waals surface area contributed by atoms with Crippen molar-refractivity contribution in [2.75, 3.05) is 36.6 Å². The van der Waals surface area contributed by atoms with Gasteiger partial charge in [-0.3, -0.25) is 4.79 Å². The van der Waals surface area contributed by atoms with E-state index in [1.807, 2.05) is 20.0 Å². The SMILES string of the molecule is CCOC(=O)CC(C)c1cnc(N(CC(C)C)C2CCOCC2)c(Nc2cnc(Cl)nc2)c1. The first-order valence-corrected chi connectivity index (χ1v) is 12.0. The molecule has 33 heavy (non-hydrogen) atoms. The van der Waals surface area contributed by atoms with Crippen molar-refractivity contribution in [1.29, 1.82) is 0 Å². The van der Waals surface area contributed by atoms with Crippen molar-refractivity contribution in [3.05, 3.63) is 35.5 Å². The van der Waals surface area contributed by atoms with E-state index in [0.29, 0.717) is 30.7 Å². The molecular formula is C24H34ClN5O3. The first kappa shape index (κ1) is 25.2. The first-order valence-electron chi connectivity index (χ1n) is 11.6. The van der Waals surface area contributed by atoms with E-state index in [1.54, 1.807) is 12.4 Å². The molecule has 180 valence electrons. The Morgan fingerprint density at radius 1 is 1.21 bits per heavy atom. The molecule has 2 aromatic rings. The number of hydrogen-bond acceptors (Lipinski definition) is 8. The number of carbonyl (C=O) groups is 1. The summed E-state index contributed by atoms with van der Waals surface area (Å²) >= 11 is 5.87. The predicted molar refractivity (Wildman–Crippen MR) is 130 cm³/mol. The van der Waals surface area contributed by atoms with E-state index in [0.717, 1.165) is 49.7 Å². The fourth-order valence-electron chi connectivity index (χ4n) is 3.98. The Hall–Kier alpha value is -2.45.